The third-order valence-electron chi connectivity index (χ3n) is 4.45. The Morgan fingerprint density at radius 2 is 1.58 bits per heavy atom. The van der Waals surface area contributed by atoms with Crippen LogP contribution in [0.3, 0.4) is 0 Å². The van der Waals surface area contributed by atoms with Crippen molar-refractivity contribution in [2.75, 3.05) is 13.2 Å². The minimum Gasteiger partial charge on any atom is -0.493 e. The molecular formula is C25H23BrO5. The van der Waals surface area contributed by atoms with Gasteiger partial charge in [0.1, 0.15) is 11.5 Å². The molecule has 0 bridgehead atoms. The molecule has 0 fully saturated rings. The molecule has 3 aromatic carbocycles. The number of halogens is 1. The van der Waals surface area contributed by atoms with Crippen molar-refractivity contribution in [3.63, 3.8) is 0 Å². The van der Waals surface area contributed by atoms with Gasteiger partial charge in [0, 0.05) is 0 Å². The average molecular weight is 483 g/mol. The molecule has 5 nitrogen and oxygen atoms in total. The van der Waals surface area contributed by atoms with Crippen molar-refractivity contribution in [3.05, 3.63) is 94.0 Å². The summed E-state index contributed by atoms with van der Waals surface area (Å²) in [6.45, 7) is 2.76. The molecule has 0 aliphatic carbocycles. The monoisotopic (exact) mass is 482 g/mol. The maximum absolute atomic E-state index is 12.4. The Labute approximate surface area is 190 Å². The van der Waals surface area contributed by atoms with Crippen LogP contribution in [0.25, 0.3) is 0 Å². The van der Waals surface area contributed by atoms with Crippen molar-refractivity contribution < 1.29 is 23.8 Å². The van der Waals surface area contributed by atoms with Crippen LogP contribution in [-0.4, -0.2) is 25.2 Å². The van der Waals surface area contributed by atoms with Gasteiger partial charge in [-0.1, -0.05) is 30.3 Å². The van der Waals surface area contributed by atoms with E-state index in [-0.39, 0.29) is 0 Å². The van der Waals surface area contributed by atoms with Gasteiger partial charge in [-0.3, -0.25) is 0 Å². The van der Waals surface area contributed by atoms with Crippen LogP contribution in [0, 0.1) is 0 Å². The minimum absolute atomic E-state index is 0.343. The molecule has 0 aliphatic rings. The van der Waals surface area contributed by atoms with Gasteiger partial charge >= 0.3 is 11.9 Å². The van der Waals surface area contributed by atoms with Crippen LogP contribution < -0.4 is 9.47 Å². The molecule has 0 amide bonds. The standard InChI is InChI=1S/C25H23BrO5/c1-2-29-23-15-12-20(17-22(23)26)25(28)31-21-13-10-19(11-14-21)24(27)30-16-6-9-18-7-4-3-5-8-18/h3-5,7-8,10-15,17H,2,6,9,16H2,1H3. The Morgan fingerprint density at radius 1 is 0.871 bits per heavy atom. The molecule has 3 rings (SSSR count). The van der Waals surface area contributed by atoms with Crippen molar-refractivity contribution in [1.82, 2.24) is 0 Å². The summed E-state index contributed by atoms with van der Waals surface area (Å²) in [6, 6.07) is 21.4. The normalized spacial score (nSPS) is 10.4. The summed E-state index contributed by atoms with van der Waals surface area (Å²) in [5.74, 6) is 0.0997. The Morgan fingerprint density at radius 3 is 2.26 bits per heavy atom. The topological polar surface area (TPSA) is 61.8 Å². The Bertz CT molecular complexity index is 1020. The number of esters is 2. The van der Waals surface area contributed by atoms with E-state index in [4.69, 9.17) is 14.2 Å². The molecule has 6 heteroatoms. The highest BCUT2D eigenvalue weighted by Crippen LogP contribution is 2.26. The third-order valence-corrected chi connectivity index (χ3v) is 5.07. The number of aryl methyl sites for hydroxylation is 1. The van der Waals surface area contributed by atoms with Crippen molar-refractivity contribution in [1.29, 1.82) is 0 Å². The molecule has 0 heterocycles. The summed E-state index contributed by atoms with van der Waals surface area (Å²) in [4.78, 5) is 24.6. The van der Waals surface area contributed by atoms with Gasteiger partial charge in [0.25, 0.3) is 0 Å². The van der Waals surface area contributed by atoms with Crippen LogP contribution in [-0.2, 0) is 11.2 Å². The molecule has 0 atom stereocenters. The summed E-state index contributed by atoms with van der Waals surface area (Å²) in [5.41, 5.74) is 2.00. The molecule has 0 aliphatic heterocycles. The third kappa shape index (κ3) is 6.69. The first kappa shape index (κ1) is 22.6. The van der Waals surface area contributed by atoms with Gasteiger partial charge in [-0.2, -0.15) is 0 Å². The van der Waals surface area contributed by atoms with E-state index in [0.29, 0.717) is 40.3 Å². The number of benzene rings is 3. The average Bonchev–Trinajstić information content (AvgIpc) is 2.79. The van der Waals surface area contributed by atoms with Gasteiger partial charge in [0.15, 0.2) is 0 Å². The summed E-state index contributed by atoms with van der Waals surface area (Å²) in [6.07, 6.45) is 1.60. The van der Waals surface area contributed by atoms with Crippen LogP contribution in [0.2, 0.25) is 0 Å². The summed E-state index contributed by atoms with van der Waals surface area (Å²) in [7, 11) is 0. The van der Waals surface area contributed by atoms with Gasteiger partial charge in [-0.25, -0.2) is 9.59 Å². The predicted molar refractivity (Wildman–Crippen MR) is 122 cm³/mol. The lowest BCUT2D eigenvalue weighted by Crippen LogP contribution is -2.10. The molecule has 0 radical (unpaired) electrons. The SMILES string of the molecule is CCOc1ccc(C(=O)Oc2ccc(C(=O)OCCCc3ccccc3)cc2)cc1Br. The van der Waals surface area contributed by atoms with E-state index in [0.717, 1.165) is 12.8 Å². The Hall–Kier alpha value is -3.12. The van der Waals surface area contributed by atoms with Gasteiger partial charge in [-0.05, 0) is 83.7 Å². The summed E-state index contributed by atoms with van der Waals surface area (Å²) in [5, 5.41) is 0. The molecule has 0 saturated carbocycles. The highest BCUT2D eigenvalue weighted by atomic mass is 79.9. The number of rotatable bonds is 9. The Kier molecular flexibility index (Phi) is 8.24. The van der Waals surface area contributed by atoms with E-state index in [2.05, 4.69) is 15.9 Å². The summed E-state index contributed by atoms with van der Waals surface area (Å²) >= 11 is 3.38. The largest absolute Gasteiger partial charge is 0.493 e. The maximum Gasteiger partial charge on any atom is 0.343 e. The van der Waals surface area contributed by atoms with Gasteiger partial charge in [0.05, 0.1) is 28.8 Å². The van der Waals surface area contributed by atoms with Gasteiger partial charge in [0.2, 0.25) is 0 Å². The first-order chi connectivity index (χ1) is 15.1. The van der Waals surface area contributed by atoms with Gasteiger partial charge in [-0.15, -0.1) is 0 Å². The number of hydrogen-bond donors (Lipinski definition) is 0. The van der Waals surface area contributed by atoms with E-state index in [1.54, 1.807) is 42.5 Å². The second-order valence-corrected chi connectivity index (χ2v) is 7.57. The molecule has 3 aromatic rings. The Balaban J connectivity index is 1.49. The second kappa shape index (κ2) is 11.3. The number of carbonyl (C=O) groups is 2. The van der Waals surface area contributed by atoms with Crippen LogP contribution in [0.5, 0.6) is 11.5 Å². The van der Waals surface area contributed by atoms with Crippen LogP contribution >= 0.6 is 15.9 Å². The van der Waals surface area contributed by atoms with E-state index < -0.39 is 11.9 Å². The van der Waals surface area contributed by atoms with Crippen molar-refractivity contribution in [2.45, 2.75) is 19.8 Å². The first-order valence-electron chi connectivity index (χ1n) is 10.0. The zero-order valence-electron chi connectivity index (χ0n) is 17.2. The number of carbonyl (C=O) groups excluding carboxylic acids is 2. The molecular weight excluding hydrogens is 460 g/mol. The van der Waals surface area contributed by atoms with E-state index >= 15 is 0 Å². The quantitative estimate of drug-likeness (QED) is 0.217. The molecule has 0 aromatic heterocycles. The highest BCUT2D eigenvalue weighted by molar-refractivity contribution is 9.10. The number of ether oxygens (including phenoxy) is 3. The van der Waals surface area contributed by atoms with E-state index in [1.807, 2.05) is 37.3 Å². The van der Waals surface area contributed by atoms with Gasteiger partial charge < -0.3 is 14.2 Å². The first-order valence-corrected chi connectivity index (χ1v) is 10.8. The molecule has 31 heavy (non-hydrogen) atoms. The van der Waals surface area contributed by atoms with Crippen LogP contribution in [0.1, 0.15) is 39.6 Å². The smallest absolute Gasteiger partial charge is 0.343 e. The summed E-state index contributed by atoms with van der Waals surface area (Å²) < 4.78 is 16.8. The predicted octanol–water partition coefficient (Wildman–Crippen LogP) is 5.86. The zero-order chi connectivity index (χ0) is 22.1. The molecule has 0 saturated heterocycles. The molecule has 0 N–H and O–H groups in total. The van der Waals surface area contributed by atoms with Crippen LogP contribution in [0.15, 0.2) is 77.3 Å². The molecule has 0 spiro atoms. The maximum atomic E-state index is 12.4. The lowest BCUT2D eigenvalue weighted by Gasteiger charge is -2.09. The van der Waals surface area contributed by atoms with Crippen LogP contribution in [0.4, 0.5) is 0 Å². The second-order valence-electron chi connectivity index (χ2n) is 6.72. The highest BCUT2D eigenvalue weighted by Gasteiger charge is 2.13. The van der Waals surface area contributed by atoms with Crippen molar-refractivity contribution in [3.8, 4) is 11.5 Å². The van der Waals surface area contributed by atoms with E-state index in [1.165, 1.54) is 5.56 Å². The fraction of sp³-hybridized carbons (Fsp3) is 0.200. The van der Waals surface area contributed by atoms with Crippen molar-refractivity contribution in [2.24, 2.45) is 0 Å². The molecule has 0 unspecified atom stereocenters. The zero-order valence-corrected chi connectivity index (χ0v) is 18.8. The lowest BCUT2D eigenvalue weighted by molar-refractivity contribution is 0.0500. The lowest BCUT2D eigenvalue weighted by atomic mass is 10.1. The fourth-order valence-corrected chi connectivity index (χ4v) is 3.39. The van der Waals surface area contributed by atoms with E-state index in [9.17, 15) is 9.59 Å². The number of hydrogen-bond acceptors (Lipinski definition) is 5. The molecule has 160 valence electrons. The van der Waals surface area contributed by atoms with Crippen molar-refractivity contribution >= 4 is 27.9 Å². The minimum atomic E-state index is -0.500. The fourth-order valence-electron chi connectivity index (χ4n) is 2.89.